The summed E-state index contributed by atoms with van der Waals surface area (Å²) in [6, 6.07) is 9.13. The number of thiophene rings is 1. The summed E-state index contributed by atoms with van der Waals surface area (Å²) in [6.07, 6.45) is 0. The summed E-state index contributed by atoms with van der Waals surface area (Å²) in [6.45, 7) is 2.58. The third-order valence-corrected chi connectivity index (χ3v) is 3.12. The summed E-state index contributed by atoms with van der Waals surface area (Å²) in [7, 11) is 0. The van der Waals surface area contributed by atoms with Crippen LogP contribution in [0.4, 0.5) is 10.1 Å². The first-order valence-corrected chi connectivity index (χ1v) is 5.66. The van der Waals surface area contributed by atoms with Crippen molar-refractivity contribution in [1.82, 2.24) is 0 Å². The van der Waals surface area contributed by atoms with E-state index in [0.29, 0.717) is 12.2 Å². The summed E-state index contributed by atoms with van der Waals surface area (Å²) in [5.74, 6) is -0.188. The summed E-state index contributed by atoms with van der Waals surface area (Å²) >= 11 is 1.67. The molecule has 0 aliphatic rings. The Morgan fingerprint density at radius 2 is 2.13 bits per heavy atom. The zero-order chi connectivity index (χ0) is 10.7. The Labute approximate surface area is 92.6 Å². The highest BCUT2D eigenvalue weighted by Crippen LogP contribution is 2.20. The van der Waals surface area contributed by atoms with Crippen molar-refractivity contribution < 1.29 is 4.39 Å². The van der Waals surface area contributed by atoms with Crippen LogP contribution in [0.25, 0.3) is 0 Å². The van der Waals surface area contributed by atoms with Gasteiger partial charge >= 0.3 is 0 Å². The maximum atomic E-state index is 13.4. The van der Waals surface area contributed by atoms with E-state index < -0.39 is 0 Å². The molecule has 3 heteroatoms. The molecule has 0 saturated heterocycles. The molecule has 0 aliphatic carbocycles. The highest BCUT2D eigenvalue weighted by molar-refractivity contribution is 7.09. The Balaban J connectivity index is 2.11. The molecule has 1 nitrogen and oxygen atoms in total. The first-order valence-electron chi connectivity index (χ1n) is 4.79. The van der Waals surface area contributed by atoms with Gasteiger partial charge in [-0.2, -0.15) is 0 Å². The van der Waals surface area contributed by atoms with E-state index in [2.05, 4.69) is 5.32 Å². The number of nitrogens with one attached hydrogen (secondary N) is 1. The fourth-order valence-electron chi connectivity index (χ4n) is 1.44. The molecule has 1 N–H and O–H groups in total. The van der Waals surface area contributed by atoms with E-state index in [4.69, 9.17) is 0 Å². The quantitative estimate of drug-likeness (QED) is 0.831. The zero-order valence-electron chi connectivity index (χ0n) is 8.46. The van der Waals surface area contributed by atoms with E-state index in [1.165, 1.54) is 10.9 Å². The normalized spacial score (nSPS) is 10.3. The summed E-state index contributed by atoms with van der Waals surface area (Å²) in [5, 5.41) is 5.14. The van der Waals surface area contributed by atoms with Crippen LogP contribution in [0.3, 0.4) is 0 Å². The molecule has 0 fully saturated rings. The van der Waals surface area contributed by atoms with Gasteiger partial charge in [0.25, 0.3) is 0 Å². The van der Waals surface area contributed by atoms with E-state index >= 15 is 0 Å². The Bertz CT molecular complexity index is 417. The second kappa shape index (κ2) is 4.45. The Morgan fingerprint density at radius 3 is 2.80 bits per heavy atom. The molecule has 0 aliphatic heterocycles. The molecule has 1 aromatic carbocycles. The molecular formula is C12H12FNS. The lowest BCUT2D eigenvalue weighted by molar-refractivity contribution is 0.629. The van der Waals surface area contributed by atoms with Crippen LogP contribution in [-0.4, -0.2) is 0 Å². The lowest BCUT2D eigenvalue weighted by Gasteiger charge is -2.09. The van der Waals surface area contributed by atoms with Crippen molar-refractivity contribution in [3.05, 3.63) is 52.0 Å². The van der Waals surface area contributed by atoms with Gasteiger partial charge < -0.3 is 5.32 Å². The third-order valence-electron chi connectivity index (χ3n) is 2.24. The van der Waals surface area contributed by atoms with Crippen LogP contribution in [-0.2, 0) is 6.54 Å². The van der Waals surface area contributed by atoms with Crippen molar-refractivity contribution in [2.24, 2.45) is 0 Å². The monoisotopic (exact) mass is 221 g/mol. The van der Waals surface area contributed by atoms with Gasteiger partial charge in [-0.3, -0.25) is 0 Å². The SMILES string of the molecule is Cc1cccc(F)c1NCc1cccs1. The number of rotatable bonds is 3. The van der Waals surface area contributed by atoms with Gasteiger partial charge in [0.05, 0.1) is 5.69 Å². The van der Waals surface area contributed by atoms with Gasteiger partial charge in [-0.25, -0.2) is 4.39 Å². The summed E-state index contributed by atoms with van der Waals surface area (Å²) < 4.78 is 13.4. The lowest BCUT2D eigenvalue weighted by Crippen LogP contribution is -2.01. The third kappa shape index (κ3) is 2.36. The molecule has 1 heterocycles. The smallest absolute Gasteiger partial charge is 0.146 e. The topological polar surface area (TPSA) is 12.0 Å². The number of aryl methyl sites for hydroxylation is 1. The van der Waals surface area contributed by atoms with Crippen LogP contribution >= 0.6 is 11.3 Å². The van der Waals surface area contributed by atoms with Gasteiger partial charge in [0.2, 0.25) is 0 Å². The predicted octanol–water partition coefficient (Wildman–Crippen LogP) is 3.81. The molecule has 0 saturated carbocycles. The van der Waals surface area contributed by atoms with Crippen molar-refractivity contribution >= 4 is 17.0 Å². The van der Waals surface area contributed by atoms with Crippen molar-refractivity contribution in [2.45, 2.75) is 13.5 Å². The number of halogens is 1. The minimum atomic E-state index is -0.188. The molecule has 0 unspecified atom stereocenters. The Morgan fingerprint density at radius 1 is 1.27 bits per heavy atom. The van der Waals surface area contributed by atoms with Crippen LogP contribution in [0.5, 0.6) is 0 Å². The van der Waals surface area contributed by atoms with Crippen LogP contribution in [0.2, 0.25) is 0 Å². The molecular weight excluding hydrogens is 209 g/mol. The lowest BCUT2D eigenvalue weighted by atomic mass is 10.2. The fraction of sp³-hybridized carbons (Fsp3) is 0.167. The number of para-hydroxylation sites is 1. The van der Waals surface area contributed by atoms with E-state index in [1.54, 1.807) is 17.4 Å². The van der Waals surface area contributed by atoms with Crippen LogP contribution < -0.4 is 5.32 Å². The molecule has 1 aromatic heterocycles. The molecule has 2 aromatic rings. The summed E-state index contributed by atoms with van der Waals surface area (Å²) in [5.41, 5.74) is 1.54. The van der Waals surface area contributed by atoms with E-state index in [0.717, 1.165) is 5.56 Å². The second-order valence-corrected chi connectivity index (χ2v) is 4.40. The molecule has 0 radical (unpaired) electrons. The van der Waals surface area contributed by atoms with Crippen molar-refractivity contribution in [2.75, 3.05) is 5.32 Å². The van der Waals surface area contributed by atoms with Gasteiger partial charge in [-0.05, 0) is 30.0 Å². The second-order valence-electron chi connectivity index (χ2n) is 3.36. The number of hydrogen-bond donors (Lipinski definition) is 1. The first kappa shape index (κ1) is 10.2. The van der Waals surface area contributed by atoms with Gasteiger partial charge in [0.1, 0.15) is 5.82 Å². The van der Waals surface area contributed by atoms with Crippen molar-refractivity contribution in [1.29, 1.82) is 0 Å². The standard InChI is InChI=1S/C12H12FNS/c1-9-4-2-6-11(13)12(9)14-8-10-5-3-7-15-10/h2-7,14H,8H2,1H3. The number of anilines is 1. The van der Waals surface area contributed by atoms with Gasteiger partial charge in [-0.15, -0.1) is 11.3 Å². The van der Waals surface area contributed by atoms with Crippen LogP contribution in [0.15, 0.2) is 35.7 Å². The molecule has 0 atom stereocenters. The van der Waals surface area contributed by atoms with E-state index in [9.17, 15) is 4.39 Å². The number of hydrogen-bond acceptors (Lipinski definition) is 2. The van der Waals surface area contributed by atoms with E-state index in [1.807, 2.05) is 30.5 Å². The highest BCUT2D eigenvalue weighted by atomic mass is 32.1. The van der Waals surface area contributed by atoms with E-state index in [-0.39, 0.29) is 5.82 Å². The number of benzene rings is 1. The average molecular weight is 221 g/mol. The molecule has 0 bridgehead atoms. The molecule has 2 rings (SSSR count). The minimum Gasteiger partial charge on any atom is -0.378 e. The molecule has 15 heavy (non-hydrogen) atoms. The molecule has 78 valence electrons. The Hall–Kier alpha value is -1.35. The average Bonchev–Trinajstić information content (AvgIpc) is 2.70. The maximum Gasteiger partial charge on any atom is 0.146 e. The van der Waals surface area contributed by atoms with Crippen LogP contribution in [0.1, 0.15) is 10.4 Å². The van der Waals surface area contributed by atoms with Gasteiger partial charge in [0.15, 0.2) is 0 Å². The summed E-state index contributed by atoms with van der Waals surface area (Å²) in [4.78, 5) is 1.21. The first-order chi connectivity index (χ1) is 7.27. The van der Waals surface area contributed by atoms with Crippen molar-refractivity contribution in [3.8, 4) is 0 Å². The zero-order valence-corrected chi connectivity index (χ0v) is 9.27. The maximum absolute atomic E-state index is 13.4. The van der Waals surface area contributed by atoms with Crippen LogP contribution in [0, 0.1) is 12.7 Å². The molecule has 0 spiro atoms. The minimum absolute atomic E-state index is 0.188. The predicted molar refractivity (Wildman–Crippen MR) is 62.8 cm³/mol. The Kier molecular flexibility index (Phi) is 3.02. The van der Waals surface area contributed by atoms with Crippen molar-refractivity contribution in [3.63, 3.8) is 0 Å². The van der Waals surface area contributed by atoms with Gasteiger partial charge in [0, 0.05) is 11.4 Å². The molecule has 0 amide bonds. The van der Waals surface area contributed by atoms with Gasteiger partial charge in [-0.1, -0.05) is 18.2 Å². The fourth-order valence-corrected chi connectivity index (χ4v) is 2.09. The largest absolute Gasteiger partial charge is 0.378 e. The highest BCUT2D eigenvalue weighted by Gasteiger charge is 2.04.